The lowest BCUT2D eigenvalue weighted by atomic mass is 9.93. The summed E-state index contributed by atoms with van der Waals surface area (Å²) in [5, 5.41) is 11.3. The van der Waals surface area contributed by atoms with Crippen molar-refractivity contribution in [2.75, 3.05) is 20.3 Å². The molecular formula is C27H33NO5. The highest BCUT2D eigenvalue weighted by Gasteiger charge is 2.45. The van der Waals surface area contributed by atoms with Crippen LogP contribution >= 0.6 is 0 Å². The highest BCUT2D eigenvalue weighted by Crippen LogP contribution is 2.41. The van der Waals surface area contributed by atoms with Crippen molar-refractivity contribution >= 4 is 17.4 Å². The molecule has 0 aliphatic carbocycles. The molecule has 1 atom stereocenters. The second-order valence-corrected chi connectivity index (χ2v) is 8.90. The predicted molar refractivity (Wildman–Crippen MR) is 129 cm³/mol. The van der Waals surface area contributed by atoms with E-state index in [2.05, 4.69) is 13.8 Å². The molecule has 0 saturated carbocycles. The number of carbonyl (C=O) groups is 2. The Morgan fingerprint density at radius 3 is 2.33 bits per heavy atom. The molecule has 2 aromatic rings. The molecule has 0 aromatic heterocycles. The second kappa shape index (κ2) is 10.1. The topological polar surface area (TPSA) is 76.1 Å². The van der Waals surface area contributed by atoms with Gasteiger partial charge in [0.05, 0.1) is 25.3 Å². The van der Waals surface area contributed by atoms with Crippen molar-refractivity contribution in [3.05, 3.63) is 64.2 Å². The minimum Gasteiger partial charge on any atom is -0.507 e. The van der Waals surface area contributed by atoms with Crippen LogP contribution in [0.25, 0.3) is 5.76 Å². The molecule has 2 aromatic carbocycles. The van der Waals surface area contributed by atoms with E-state index in [0.717, 1.165) is 22.4 Å². The molecule has 6 heteroatoms. The van der Waals surface area contributed by atoms with Crippen LogP contribution in [0.2, 0.25) is 0 Å². The van der Waals surface area contributed by atoms with Gasteiger partial charge in [-0.25, -0.2) is 0 Å². The lowest BCUT2D eigenvalue weighted by molar-refractivity contribution is -0.139. The van der Waals surface area contributed by atoms with Crippen molar-refractivity contribution in [1.82, 2.24) is 4.90 Å². The van der Waals surface area contributed by atoms with Crippen molar-refractivity contribution in [1.29, 1.82) is 0 Å². The zero-order valence-electron chi connectivity index (χ0n) is 20.3. The van der Waals surface area contributed by atoms with Crippen LogP contribution in [0, 0.1) is 19.8 Å². The number of amides is 1. The summed E-state index contributed by atoms with van der Waals surface area (Å²) in [6.07, 6.45) is 0.694. The van der Waals surface area contributed by atoms with Gasteiger partial charge in [-0.05, 0) is 67.1 Å². The molecule has 0 radical (unpaired) electrons. The molecule has 33 heavy (non-hydrogen) atoms. The highest BCUT2D eigenvalue weighted by atomic mass is 16.5. The molecule has 1 aliphatic rings. The molecule has 1 amide bonds. The van der Waals surface area contributed by atoms with Crippen LogP contribution < -0.4 is 9.47 Å². The van der Waals surface area contributed by atoms with Crippen LogP contribution in [0.3, 0.4) is 0 Å². The maximum Gasteiger partial charge on any atom is 0.295 e. The molecular weight excluding hydrogens is 418 g/mol. The Labute approximate surface area is 195 Å². The number of rotatable bonds is 8. The van der Waals surface area contributed by atoms with Gasteiger partial charge in [-0.15, -0.1) is 0 Å². The number of aryl methyl sites for hydroxylation is 2. The van der Waals surface area contributed by atoms with Crippen LogP contribution in [0.4, 0.5) is 0 Å². The number of ether oxygens (including phenoxy) is 2. The lowest BCUT2D eigenvalue weighted by Gasteiger charge is -2.25. The smallest absolute Gasteiger partial charge is 0.295 e. The first-order valence-corrected chi connectivity index (χ1v) is 11.4. The number of aliphatic hydroxyl groups is 1. The summed E-state index contributed by atoms with van der Waals surface area (Å²) in [6.45, 7) is 10.8. The number of ketones is 1. The average molecular weight is 452 g/mol. The van der Waals surface area contributed by atoms with Gasteiger partial charge in [-0.1, -0.05) is 32.9 Å². The van der Waals surface area contributed by atoms with Crippen LogP contribution in [0.1, 0.15) is 55.5 Å². The van der Waals surface area contributed by atoms with Gasteiger partial charge in [0.25, 0.3) is 11.7 Å². The van der Waals surface area contributed by atoms with E-state index in [1.165, 1.54) is 0 Å². The van der Waals surface area contributed by atoms with E-state index in [1.807, 2.05) is 51.1 Å². The largest absolute Gasteiger partial charge is 0.507 e. The van der Waals surface area contributed by atoms with Crippen molar-refractivity contribution < 1.29 is 24.2 Å². The van der Waals surface area contributed by atoms with Crippen molar-refractivity contribution in [2.24, 2.45) is 5.92 Å². The van der Waals surface area contributed by atoms with E-state index in [0.29, 0.717) is 36.8 Å². The zero-order valence-corrected chi connectivity index (χ0v) is 20.3. The predicted octanol–water partition coefficient (Wildman–Crippen LogP) is 5.18. The normalized spacial score (nSPS) is 17.7. The summed E-state index contributed by atoms with van der Waals surface area (Å²) in [7, 11) is 1.59. The van der Waals surface area contributed by atoms with Crippen LogP contribution in [0.15, 0.2) is 42.0 Å². The molecule has 1 unspecified atom stereocenters. The first-order chi connectivity index (χ1) is 15.7. The van der Waals surface area contributed by atoms with Crippen molar-refractivity contribution in [2.45, 2.75) is 47.1 Å². The van der Waals surface area contributed by atoms with E-state index in [1.54, 1.807) is 18.1 Å². The average Bonchev–Trinajstić information content (AvgIpc) is 3.04. The summed E-state index contributed by atoms with van der Waals surface area (Å²) < 4.78 is 11.1. The quantitative estimate of drug-likeness (QED) is 0.340. The summed E-state index contributed by atoms with van der Waals surface area (Å²) in [6, 6.07) is 10.3. The molecule has 0 bridgehead atoms. The van der Waals surface area contributed by atoms with Crippen LogP contribution in [0.5, 0.6) is 11.5 Å². The maximum atomic E-state index is 13.1. The van der Waals surface area contributed by atoms with E-state index in [4.69, 9.17) is 9.47 Å². The Balaban J connectivity index is 2.11. The molecule has 1 fully saturated rings. The molecule has 176 valence electrons. The minimum atomic E-state index is -0.668. The number of benzene rings is 2. The summed E-state index contributed by atoms with van der Waals surface area (Å²) in [5.41, 5.74) is 2.97. The number of aliphatic hydroxyl groups excluding tert-OH is 1. The third kappa shape index (κ3) is 4.90. The van der Waals surface area contributed by atoms with E-state index in [-0.39, 0.29) is 11.3 Å². The lowest BCUT2D eigenvalue weighted by Crippen LogP contribution is -2.30. The fraction of sp³-hybridized carbons (Fsp3) is 0.407. The maximum absolute atomic E-state index is 13.1. The zero-order chi connectivity index (χ0) is 24.3. The second-order valence-electron chi connectivity index (χ2n) is 8.90. The van der Waals surface area contributed by atoms with Gasteiger partial charge in [-0.3, -0.25) is 9.59 Å². The first-order valence-electron chi connectivity index (χ1n) is 11.4. The van der Waals surface area contributed by atoms with E-state index < -0.39 is 17.7 Å². The van der Waals surface area contributed by atoms with Crippen molar-refractivity contribution in [3.8, 4) is 11.5 Å². The van der Waals surface area contributed by atoms with Crippen LogP contribution in [-0.2, 0) is 9.59 Å². The number of hydrogen-bond donors (Lipinski definition) is 1. The standard InChI is InChI=1S/C27H33NO5/c1-7-12-28-24(19-8-10-20(11-9-19)33-15-16(2)3)23(26(30)27(28)31)25(29)21-13-18(5)22(32-6)14-17(21)4/h8-11,13-14,16,24,29H,7,12,15H2,1-6H3/b25-23+. The van der Waals surface area contributed by atoms with Gasteiger partial charge >= 0.3 is 0 Å². The molecule has 1 heterocycles. The Hall–Kier alpha value is -3.28. The minimum absolute atomic E-state index is 0.108. The third-order valence-electron chi connectivity index (χ3n) is 5.78. The first kappa shape index (κ1) is 24.4. The fourth-order valence-corrected chi connectivity index (χ4v) is 4.12. The number of methoxy groups -OCH3 is 1. The SMILES string of the molecule is CCCN1C(=O)C(=O)/C(=C(/O)c2cc(C)c(OC)cc2C)C1c1ccc(OCC(C)C)cc1. The monoisotopic (exact) mass is 451 g/mol. The molecule has 6 nitrogen and oxygen atoms in total. The van der Waals surface area contributed by atoms with Crippen LogP contribution in [-0.4, -0.2) is 42.0 Å². The van der Waals surface area contributed by atoms with Gasteiger partial charge in [0.2, 0.25) is 0 Å². The highest BCUT2D eigenvalue weighted by molar-refractivity contribution is 6.46. The fourth-order valence-electron chi connectivity index (χ4n) is 4.12. The van der Waals surface area contributed by atoms with Crippen molar-refractivity contribution in [3.63, 3.8) is 0 Å². The van der Waals surface area contributed by atoms with Gasteiger partial charge in [0, 0.05) is 12.1 Å². The van der Waals surface area contributed by atoms with E-state index in [9.17, 15) is 14.7 Å². The summed E-state index contributed by atoms with van der Waals surface area (Å²) in [4.78, 5) is 27.5. The Kier molecular flexibility index (Phi) is 7.46. The molecule has 1 saturated heterocycles. The number of hydrogen-bond acceptors (Lipinski definition) is 5. The number of nitrogens with zero attached hydrogens (tertiary/aromatic N) is 1. The third-order valence-corrected chi connectivity index (χ3v) is 5.78. The van der Waals surface area contributed by atoms with Gasteiger partial charge in [0.15, 0.2) is 0 Å². The van der Waals surface area contributed by atoms with Gasteiger partial charge in [-0.2, -0.15) is 0 Å². The van der Waals surface area contributed by atoms with Gasteiger partial charge < -0.3 is 19.5 Å². The molecule has 3 rings (SSSR count). The molecule has 1 N–H and O–H groups in total. The van der Waals surface area contributed by atoms with E-state index >= 15 is 0 Å². The number of likely N-dealkylation sites (tertiary alicyclic amines) is 1. The summed E-state index contributed by atoms with van der Waals surface area (Å²) >= 11 is 0. The Morgan fingerprint density at radius 1 is 1.09 bits per heavy atom. The Bertz CT molecular complexity index is 1070. The molecule has 1 aliphatic heterocycles. The van der Waals surface area contributed by atoms with Gasteiger partial charge in [0.1, 0.15) is 17.3 Å². The summed E-state index contributed by atoms with van der Waals surface area (Å²) in [5.74, 6) is 0.397. The number of Topliss-reactive ketones (excluding diaryl/α,β-unsaturated/α-hetero) is 1. The Morgan fingerprint density at radius 2 is 1.76 bits per heavy atom. The molecule has 0 spiro atoms. The number of carbonyl (C=O) groups excluding carboxylic acids is 2.